The van der Waals surface area contributed by atoms with Gasteiger partial charge in [0.25, 0.3) is 5.91 Å². The molecule has 3 nitrogen and oxygen atoms in total. The van der Waals surface area contributed by atoms with Crippen molar-refractivity contribution < 1.29 is 9.21 Å². The van der Waals surface area contributed by atoms with E-state index in [1.807, 2.05) is 27.7 Å². The Bertz CT molecular complexity index is 369. The molecule has 0 saturated carbocycles. The quantitative estimate of drug-likeness (QED) is 0.827. The molecule has 0 aliphatic heterocycles. The maximum Gasteiger partial charge on any atom is 0.255 e. The molecule has 0 bridgehead atoms. The van der Waals surface area contributed by atoms with Gasteiger partial charge in [0.15, 0.2) is 0 Å². The van der Waals surface area contributed by atoms with Crippen molar-refractivity contribution in [3.63, 3.8) is 0 Å². The van der Waals surface area contributed by atoms with Gasteiger partial charge >= 0.3 is 0 Å². The summed E-state index contributed by atoms with van der Waals surface area (Å²) in [6, 6.07) is 1.68. The Balaban J connectivity index is 2.81. The second-order valence-electron chi connectivity index (χ2n) is 4.40. The van der Waals surface area contributed by atoms with Gasteiger partial charge in [0.1, 0.15) is 5.76 Å². The molecule has 1 aromatic rings. The predicted molar refractivity (Wildman–Crippen MR) is 64.9 cm³/mol. The lowest BCUT2D eigenvalue weighted by atomic mass is 10.0. The summed E-state index contributed by atoms with van der Waals surface area (Å²) >= 11 is 6.01. The molecule has 4 heteroatoms. The van der Waals surface area contributed by atoms with Crippen molar-refractivity contribution in [2.45, 2.75) is 45.0 Å². The van der Waals surface area contributed by atoms with Crippen molar-refractivity contribution in [3.05, 3.63) is 23.7 Å². The molecule has 90 valence electrons. The van der Waals surface area contributed by atoms with E-state index in [2.05, 4.69) is 5.32 Å². The number of alkyl halides is 1. The standard InChI is InChI=1S/C12H18ClNO2/c1-5-10-9(6-7-16-10)11(15)14-12(3,4)8(2)13/h6-8H,5H2,1-4H3,(H,14,15). The third-order valence-electron chi connectivity index (χ3n) is 2.74. The van der Waals surface area contributed by atoms with Gasteiger partial charge < -0.3 is 9.73 Å². The highest BCUT2D eigenvalue weighted by Crippen LogP contribution is 2.17. The van der Waals surface area contributed by atoms with Gasteiger partial charge in [-0.3, -0.25) is 4.79 Å². The largest absolute Gasteiger partial charge is 0.469 e. The van der Waals surface area contributed by atoms with Crippen molar-refractivity contribution in [1.29, 1.82) is 0 Å². The van der Waals surface area contributed by atoms with E-state index in [-0.39, 0.29) is 11.3 Å². The van der Waals surface area contributed by atoms with Crippen LogP contribution in [0.2, 0.25) is 0 Å². The number of nitrogens with one attached hydrogen (secondary N) is 1. The Hall–Kier alpha value is -0.960. The number of carbonyl (C=O) groups excluding carboxylic acids is 1. The molecule has 0 aliphatic rings. The second-order valence-corrected chi connectivity index (χ2v) is 5.06. The van der Waals surface area contributed by atoms with E-state index in [1.54, 1.807) is 6.07 Å². The average Bonchev–Trinajstić information content (AvgIpc) is 2.64. The predicted octanol–water partition coefficient (Wildman–Crippen LogP) is 2.98. The van der Waals surface area contributed by atoms with E-state index in [0.29, 0.717) is 17.7 Å². The zero-order valence-electron chi connectivity index (χ0n) is 10.1. The van der Waals surface area contributed by atoms with E-state index < -0.39 is 5.54 Å². The van der Waals surface area contributed by atoms with E-state index in [9.17, 15) is 4.79 Å². The summed E-state index contributed by atoms with van der Waals surface area (Å²) in [5.41, 5.74) is 0.147. The van der Waals surface area contributed by atoms with E-state index in [4.69, 9.17) is 16.0 Å². The summed E-state index contributed by atoms with van der Waals surface area (Å²) in [5, 5.41) is 2.76. The minimum atomic E-state index is -0.444. The summed E-state index contributed by atoms with van der Waals surface area (Å²) in [6.07, 6.45) is 2.23. The third kappa shape index (κ3) is 2.79. The fourth-order valence-corrected chi connectivity index (χ4v) is 1.33. The second kappa shape index (κ2) is 4.91. The Kier molecular flexibility index (Phi) is 4.03. The lowest BCUT2D eigenvalue weighted by Gasteiger charge is -2.28. The Labute approximate surface area is 101 Å². The minimum absolute atomic E-state index is 0.136. The van der Waals surface area contributed by atoms with Crippen LogP contribution in [0.15, 0.2) is 16.7 Å². The summed E-state index contributed by atoms with van der Waals surface area (Å²) < 4.78 is 5.22. The SMILES string of the molecule is CCc1occc1C(=O)NC(C)(C)C(C)Cl. The number of rotatable bonds is 4. The van der Waals surface area contributed by atoms with Crippen LogP contribution >= 0.6 is 11.6 Å². The Morgan fingerprint density at radius 1 is 1.62 bits per heavy atom. The zero-order valence-corrected chi connectivity index (χ0v) is 10.9. The van der Waals surface area contributed by atoms with Crippen LogP contribution in [-0.4, -0.2) is 16.8 Å². The lowest BCUT2D eigenvalue weighted by molar-refractivity contribution is 0.0910. The summed E-state index contributed by atoms with van der Waals surface area (Å²) in [7, 11) is 0. The van der Waals surface area contributed by atoms with Crippen LogP contribution in [0.4, 0.5) is 0 Å². The Morgan fingerprint density at radius 2 is 2.25 bits per heavy atom. The van der Waals surface area contributed by atoms with Crippen LogP contribution in [0.25, 0.3) is 0 Å². The molecule has 0 aliphatic carbocycles. The highest BCUT2D eigenvalue weighted by molar-refractivity contribution is 6.21. The topological polar surface area (TPSA) is 42.2 Å². The molecule has 0 aromatic carbocycles. The molecule has 1 unspecified atom stereocenters. The molecule has 1 atom stereocenters. The first-order valence-electron chi connectivity index (χ1n) is 5.41. The van der Waals surface area contributed by atoms with Gasteiger partial charge in [0.2, 0.25) is 0 Å². The normalized spacial score (nSPS) is 13.6. The molecular weight excluding hydrogens is 226 g/mol. The Morgan fingerprint density at radius 3 is 2.75 bits per heavy atom. The fraction of sp³-hybridized carbons (Fsp3) is 0.583. The lowest BCUT2D eigenvalue weighted by Crippen LogP contribution is -2.49. The number of furan rings is 1. The van der Waals surface area contributed by atoms with Crippen molar-refractivity contribution >= 4 is 17.5 Å². The van der Waals surface area contributed by atoms with E-state index in [0.717, 1.165) is 0 Å². The molecule has 0 saturated heterocycles. The zero-order chi connectivity index (χ0) is 12.3. The van der Waals surface area contributed by atoms with Gasteiger partial charge in [-0.05, 0) is 26.8 Å². The molecule has 1 amide bonds. The summed E-state index contributed by atoms with van der Waals surface area (Å²) in [4.78, 5) is 12.0. The average molecular weight is 244 g/mol. The number of hydrogen-bond donors (Lipinski definition) is 1. The van der Waals surface area contributed by atoms with Crippen molar-refractivity contribution in [2.24, 2.45) is 0 Å². The summed E-state index contributed by atoms with van der Waals surface area (Å²) in [5.74, 6) is 0.568. The minimum Gasteiger partial charge on any atom is -0.469 e. The molecule has 0 fully saturated rings. The van der Waals surface area contributed by atoms with Crippen molar-refractivity contribution in [3.8, 4) is 0 Å². The first-order valence-corrected chi connectivity index (χ1v) is 5.85. The van der Waals surface area contributed by atoms with Crippen LogP contribution in [-0.2, 0) is 6.42 Å². The maximum absolute atomic E-state index is 12.0. The molecule has 0 radical (unpaired) electrons. The highest BCUT2D eigenvalue weighted by Gasteiger charge is 2.27. The molecule has 1 aromatic heterocycles. The molecule has 0 spiro atoms. The third-order valence-corrected chi connectivity index (χ3v) is 3.29. The molecule has 1 heterocycles. The van der Waals surface area contributed by atoms with Crippen LogP contribution in [0, 0.1) is 0 Å². The fourth-order valence-electron chi connectivity index (χ4n) is 1.28. The van der Waals surface area contributed by atoms with Crippen molar-refractivity contribution in [2.75, 3.05) is 0 Å². The van der Waals surface area contributed by atoms with Gasteiger partial charge in [-0.1, -0.05) is 6.92 Å². The van der Waals surface area contributed by atoms with Gasteiger partial charge in [-0.15, -0.1) is 11.6 Å². The first kappa shape index (κ1) is 13.1. The molecule has 1 N–H and O–H groups in total. The number of carbonyl (C=O) groups is 1. The molecular formula is C12H18ClNO2. The van der Waals surface area contributed by atoms with Crippen LogP contribution < -0.4 is 5.32 Å². The highest BCUT2D eigenvalue weighted by atomic mass is 35.5. The maximum atomic E-state index is 12.0. The van der Waals surface area contributed by atoms with Gasteiger partial charge in [-0.25, -0.2) is 0 Å². The van der Waals surface area contributed by atoms with Crippen LogP contribution in [0.1, 0.15) is 43.8 Å². The van der Waals surface area contributed by atoms with E-state index >= 15 is 0 Å². The number of amides is 1. The smallest absolute Gasteiger partial charge is 0.255 e. The van der Waals surface area contributed by atoms with Gasteiger partial charge in [0, 0.05) is 6.42 Å². The summed E-state index contributed by atoms with van der Waals surface area (Å²) in [6.45, 7) is 7.60. The van der Waals surface area contributed by atoms with Gasteiger partial charge in [0.05, 0.1) is 22.7 Å². The monoisotopic (exact) mass is 243 g/mol. The van der Waals surface area contributed by atoms with E-state index in [1.165, 1.54) is 6.26 Å². The molecule has 16 heavy (non-hydrogen) atoms. The molecule has 1 rings (SSSR count). The van der Waals surface area contributed by atoms with Crippen molar-refractivity contribution in [1.82, 2.24) is 5.32 Å². The first-order chi connectivity index (χ1) is 7.38. The van der Waals surface area contributed by atoms with Crippen LogP contribution in [0.5, 0.6) is 0 Å². The number of hydrogen-bond acceptors (Lipinski definition) is 2. The van der Waals surface area contributed by atoms with Crippen LogP contribution in [0.3, 0.4) is 0 Å². The van der Waals surface area contributed by atoms with Gasteiger partial charge in [-0.2, -0.15) is 0 Å². The number of aryl methyl sites for hydroxylation is 1. The number of halogens is 1.